The molecule has 116 valence electrons. The Morgan fingerprint density at radius 1 is 1.18 bits per heavy atom. The van der Waals surface area contributed by atoms with Crippen LogP contribution in [0.5, 0.6) is 5.75 Å². The van der Waals surface area contributed by atoms with Crippen LogP contribution in [0.4, 0.5) is 8.78 Å². The summed E-state index contributed by atoms with van der Waals surface area (Å²) in [6.07, 6.45) is -1.25. The van der Waals surface area contributed by atoms with Crippen molar-refractivity contribution in [2.75, 3.05) is 14.2 Å². The molecule has 1 aromatic heterocycles. The first kappa shape index (κ1) is 15.9. The molecule has 0 spiro atoms. The third kappa shape index (κ3) is 3.05. The van der Waals surface area contributed by atoms with Crippen molar-refractivity contribution in [3.05, 3.63) is 47.3 Å². The SMILES string of the molecule is COC(=O)c1cnc(C)cc1-c1cc(C(F)F)ccc1OC. The largest absolute Gasteiger partial charge is 0.496 e. The second-order valence-electron chi connectivity index (χ2n) is 4.62. The number of methoxy groups -OCH3 is 2. The number of esters is 1. The fourth-order valence-electron chi connectivity index (χ4n) is 2.13. The van der Waals surface area contributed by atoms with Crippen LogP contribution >= 0.6 is 0 Å². The van der Waals surface area contributed by atoms with Crippen molar-refractivity contribution in [3.8, 4) is 16.9 Å². The number of carbonyl (C=O) groups excluding carboxylic acids is 1. The Kier molecular flexibility index (Phi) is 4.70. The summed E-state index contributed by atoms with van der Waals surface area (Å²) in [5.41, 5.74) is 1.52. The third-order valence-electron chi connectivity index (χ3n) is 3.21. The molecule has 4 nitrogen and oxygen atoms in total. The predicted molar refractivity (Wildman–Crippen MR) is 77.3 cm³/mol. The van der Waals surface area contributed by atoms with Gasteiger partial charge >= 0.3 is 5.97 Å². The normalized spacial score (nSPS) is 10.6. The van der Waals surface area contributed by atoms with Crippen molar-refractivity contribution in [1.29, 1.82) is 0 Å². The van der Waals surface area contributed by atoms with E-state index in [2.05, 4.69) is 4.98 Å². The molecule has 0 aliphatic heterocycles. The molecule has 0 saturated carbocycles. The molecule has 0 aliphatic carbocycles. The molecule has 0 bridgehead atoms. The summed E-state index contributed by atoms with van der Waals surface area (Å²) < 4.78 is 35.9. The number of halogens is 2. The van der Waals surface area contributed by atoms with Crippen molar-refractivity contribution in [2.45, 2.75) is 13.3 Å². The van der Waals surface area contributed by atoms with E-state index in [1.54, 1.807) is 13.0 Å². The number of aromatic nitrogens is 1. The van der Waals surface area contributed by atoms with Gasteiger partial charge in [-0.15, -0.1) is 0 Å². The van der Waals surface area contributed by atoms with E-state index in [0.29, 0.717) is 22.6 Å². The smallest absolute Gasteiger partial charge is 0.340 e. The lowest BCUT2D eigenvalue weighted by atomic mass is 9.98. The van der Waals surface area contributed by atoms with Crippen LogP contribution in [0.25, 0.3) is 11.1 Å². The molecule has 1 heterocycles. The van der Waals surface area contributed by atoms with Gasteiger partial charge in [-0.25, -0.2) is 13.6 Å². The minimum absolute atomic E-state index is 0.152. The number of nitrogens with zero attached hydrogens (tertiary/aromatic N) is 1. The first-order valence-corrected chi connectivity index (χ1v) is 6.49. The zero-order valence-corrected chi connectivity index (χ0v) is 12.4. The van der Waals surface area contributed by atoms with Crippen LogP contribution in [-0.4, -0.2) is 25.2 Å². The van der Waals surface area contributed by atoms with E-state index in [-0.39, 0.29) is 11.1 Å². The van der Waals surface area contributed by atoms with Crippen LogP contribution in [-0.2, 0) is 4.74 Å². The molecule has 1 aromatic carbocycles. The van der Waals surface area contributed by atoms with Gasteiger partial charge in [-0.2, -0.15) is 0 Å². The first-order valence-electron chi connectivity index (χ1n) is 6.49. The van der Waals surface area contributed by atoms with Gasteiger partial charge in [-0.1, -0.05) is 0 Å². The molecule has 6 heteroatoms. The number of ether oxygens (including phenoxy) is 2. The second-order valence-corrected chi connectivity index (χ2v) is 4.62. The van der Waals surface area contributed by atoms with Crippen molar-refractivity contribution in [2.24, 2.45) is 0 Å². The van der Waals surface area contributed by atoms with E-state index in [9.17, 15) is 13.6 Å². The van der Waals surface area contributed by atoms with E-state index in [0.717, 1.165) is 0 Å². The summed E-state index contributed by atoms with van der Waals surface area (Å²) in [6, 6.07) is 5.69. The quantitative estimate of drug-likeness (QED) is 0.806. The Morgan fingerprint density at radius 2 is 1.91 bits per heavy atom. The van der Waals surface area contributed by atoms with Gasteiger partial charge in [0.15, 0.2) is 0 Å². The molecule has 0 saturated heterocycles. The highest BCUT2D eigenvalue weighted by Gasteiger charge is 2.19. The van der Waals surface area contributed by atoms with Gasteiger partial charge in [0, 0.05) is 28.6 Å². The van der Waals surface area contributed by atoms with Gasteiger partial charge in [0.1, 0.15) is 5.75 Å². The van der Waals surface area contributed by atoms with Gasteiger partial charge in [0.05, 0.1) is 19.8 Å². The molecule has 0 radical (unpaired) electrons. The first-order chi connectivity index (χ1) is 10.5. The van der Waals surface area contributed by atoms with E-state index in [1.807, 2.05) is 0 Å². The number of alkyl halides is 2. The summed E-state index contributed by atoms with van der Waals surface area (Å²) in [6.45, 7) is 1.74. The van der Waals surface area contributed by atoms with Crippen LogP contribution in [0.3, 0.4) is 0 Å². The average Bonchev–Trinajstić information content (AvgIpc) is 2.53. The maximum absolute atomic E-state index is 13.0. The number of benzene rings is 1. The van der Waals surface area contributed by atoms with E-state index >= 15 is 0 Å². The molecule has 0 aliphatic rings. The van der Waals surface area contributed by atoms with Gasteiger partial charge in [-0.3, -0.25) is 4.98 Å². The number of carbonyl (C=O) groups is 1. The molecular weight excluding hydrogens is 292 g/mol. The highest BCUT2D eigenvalue weighted by atomic mass is 19.3. The maximum Gasteiger partial charge on any atom is 0.340 e. The second kappa shape index (κ2) is 6.51. The highest BCUT2D eigenvalue weighted by molar-refractivity contribution is 5.98. The monoisotopic (exact) mass is 307 g/mol. The van der Waals surface area contributed by atoms with Gasteiger partial charge < -0.3 is 9.47 Å². The lowest BCUT2D eigenvalue weighted by Gasteiger charge is -2.14. The molecule has 2 rings (SSSR count). The van der Waals surface area contributed by atoms with Crippen LogP contribution in [0.1, 0.15) is 28.0 Å². The number of pyridine rings is 1. The van der Waals surface area contributed by atoms with Crippen molar-refractivity contribution >= 4 is 5.97 Å². The minimum atomic E-state index is -2.62. The van der Waals surface area contributed by atoms with Crippen molar-refractivity contribution < 1.29 is 23.0 Å². The zero-order valence-electron chi connectivity index (χ0n) is 12.4. The molecule has 0 N–H and O–H groups in total. The number of hydrogen-bond acceptors (Lipinski definition) is 4. The topological polar surface area (TPSA) is 48.4 Å². The highest BCUT2D eigenvalue weighted by Crippen LogP contribution is 2.36. The van der Waals surface area contributed by atoms with Crippen LogP contribution in [0, 0.1) is 6.92 Å². The predicted octanol–water partition coefficient (Wildman–Crippen LogP) is 3.79. The summed E-state index contributed by atoms with van der Waals surface area (Å²) in [7, 11) is 2.69. The minimum Gasteiger partial charge on any atom is -0.496 e. The number of rotatable bonds is 4. The Hall–Kier alpha value is -2.50. The van der Waals surface area contributed by atoms with E-state index in [1.165, 1.54) is 38.6 Å². The molecule has 0 amide bonds. The van der Waals surface area contributed by atoms with Crippen LogP contribution in [0.15, 0.2) is 30.5 Å². The van der Waals surface area contributed by atoms with Crippen LogP contribution < -0.4 is 4.74 Å². The fraction of sp³-hybridized carbons (Fsp3) is 0.250. The zero-order chi connectivity index (χ0) is 16.3. The summed E-state index contributed by atoms with van der Waals surface area (Å²) in [5, 5.41) is 0. The van der Waals surface area contributed by atoms with Crippen molar-refractivity contribution in [3.63, 3.8) is 0 Å². The molecule has 0 atom stereocenters. The summed E-state index contributed by atoms with van der Waals surface area (Å²) >= 11 is 0. The fourth-order valence-corrected chi connectivity index (χ4v) is 2.13. The Bertz CT molecular complexity index is 702. The number of aryl methyl sites for hydroxylation is 1. The van der Waals surface area contributed by atoms with E-state index in [4.69, 9.17) is 9.47 Å². The lowest BCUT2D eigenvalue weighted by molar-refractivity contribution is 0.0601. The summed E-state index contributed by atoms with van der Waals surface area (Å²) in [4.78, 5) is 15.9. The lowest BCUT2D eigenvalue weighted by Crippen LogP contribution is -2.06. The molecule has 22 heavy (non-hydrogen) atoms. The Morgan fingerprint density at radius 3 is 2.50 bits per heavy atom. The third-order valence-corrected chi connectivity index (χ3v) is 3.21. The van der Waals surface area contributed by atoms with Gasteiger partial charge in [0.2, 0.25) is 0 Å². The molecule has 0 unspecified atom stereocenters. The van der Waals surface area contributed by atoms with E-state index < -0.39 is 12.4 Å². The standard InChI is InChI=1S/C16H15F2NO3/c1-9-6-11(13(8-19-9)16(20)22-3)12-7-10(15(17)18)4-5-14(12)21-2/h4-8,15H,1-3H3. The van der Waals surface area contributed by atoms with Crippen LogP contribution in [0.2, 0.25) is 0 Å². The number of hydrogen-bond donors (Lipinski definition) is 0. The Balaban J connectivity index is 2.71. The average molecular weight is 307 g/mol. The van der Waals surface area contributed by atoms with Crippen molar-refractivity contribution in [1.82, 2.24) is 4.98 Å². The Labute approximate surface area is 126 Å². The summed E-state index contributed by atoms with van der Waals surface area (Å²) in [5.74, 6) is -0.202. The van der Waals surface area contributed by atoms with Gasteiger partial charge in [-0.05, 0) is 31.2 Å². The molecule has 0 fully saturated rings. The molecule has 2 aromatic rings. The molecular formula is C16H15F2NO3. The maximum atomic E-state index is 13.0. The van der Waals surface area contributed by atoms with Gasteiger partial charge in [0.25, 0.3) is 6.43 Å².